The SMILES string of the molecule is CCCC(=O)[O-].[Au+]. The van der Waals surface area contributed by atoms with Crippen LogP contribution in [0.2, 0.25) is 0 Å². The van der Waals surface area contributed by atoms with Crippen LogP contribution in [-0.2, 0) is 27.2 Å². The second-order valence-electron chi connectivity index (χ2n) is 1.12. The molecule has 0 heterocycles. The molecule has 3 heteroatoms. The van der Waals surface area contributed by atoms with Crippen LogP contribution in [0.25, 0.3) is 0 Å². The van der Waals surface area contributed by atoms with Crippen molar-refractivity contribution in [1.29, 1.82) is 0 Å². The van der Waals surface area contributed by atoms with Gasteiger partial charge >= 0.3 is 22.4 Å². The third-order valence-electron chi connectivity index (χ3n) is 0.454. The normalized spacial score (nSPS) is 7.00. The molecule has 0 saturated carbocycles. The minimum Gasteiger partial charge on any atom is -0.550 e. The Morgan fingerprint density at radius 2 is 2.14 bits per heavy atom. The van der Waals surface area contributed by atoms with Crippen LogP contribution in [0.5, 0.6) is 0 Å². The van der Waals surface area contributed by atoms with E-state index in [4.69, 9.17) is 0 Å². The van der Waals surface area contributed by atoms with E-state index in [0.29, 0.717) is 6.42 Å². The number of rotatable bonds is 2. The van der Waals surface area contributed by atoms with Gasteiger partial charge in [-0.15, -0.1) is 0 Å². The Morgan fingerprint density at radius 1 is 1.71 bits per heavy atom. The predicted octanol–water partition coefficient (Wildman–Crippen LogP) is -0.466. The van der Waals surface area contributed by atoms with Gasteiger partial charge in [0.2, 0.25) is 0 Å². The smallest absolute Gasteiger partial charge is 0.550 e. The van der Waals surface area contributed by atoms with Crippen molar-refractivity contribution in [2.24, 2.45) is 0 Å². The molecule has 0 aromatic heterocycles. The van der Waals surface area contributed by atoms with Crippen molar-refractivity contribution in [3.8, 4) is 0 Å². The molecule has 2 nitrogen and oxygen atoms in total. The minimum atomic E-state index is -0.961. The van der Waals surface area contributed by atoms with E-state index in [-0.39, 0.29) is 28.8 Å². The van der Waals surface area contributed by atoms with E-state index in [2.05, 4.69) is 0 Å². The maximum absolute atomic E-state index is 9.49. The summed E-state index contributed by atoms with van der Waals surface area (Å²) >= 11 is 0. The summed E-state index contributed by atoms with van der Waals surface area (Å²) in [5.41, 5.74) is 0. The van der Waals surface area contributed by atoms with Crippen LogP contribution in [0.3, 0.4) is 0 Å². The topological polar surface area (TPSA) is 40.1 Å². The Balaban J connectivity index is 0. The fourth-order valence-corrected chi connectivity index (χ4v) is 0.204. The summed E-state index contributed by atoms with van der Waals surface area (Å²) < 4.78 is 0. The van der Waals surface area contributed by atoms with Crippen molar-refractivity contribution in [2.45, 2.75) is 19.8 Å². The van der Waals surface area contributed by atoms with Gasteiger partial charge in [-0.25, -0.2) is 0 Å². The van der Waals surface area contributed by atoms with Gasteiger partial charge in [-0.2, -0.15) is 0 Å². The summed E-state index contributed by atoms with van der Waals surface area (Å²) in [5.74, 6) is -0.961. The quantitative estimate of drug-likeness (QED) is 0.643. The maximum Gasteiger partial charge on any atom is 1.00 e. The van der Waals surface area contributed by atoms with Crippen molar-refractivity contribution >= 4 is 5.97 Å². The zero-order chi connectivity index (χ0) is 4.99. The molecule has 0 aliphatic rings. The molecule has 0 aliphatic carbocycles. The van der Waals surface area contributed by atoms with Gasteiger partial charge in [-0.1, -0.05) is 13.3 Å². The molecule has 0 atom stereocenters. The number of carbonyl (C=O) groups is 1. The number of carboxylic acid groups (broad SMARTS) is 1. The van der Waals surface area contributed by atoms with Gasteiger partial charge in [0.15, 0.2) is 0 Å². The number of hydrogen-bond donors (Lipinski definition) is 0. The van der Waals surface area contributed by atoms with E-state index < -0.39 is 5.97 Å². The molecular formula is C4H7AuO2. The number of carboxylic acids is 1. The van der Waals surface area contributed by atoms with Crippen molar-refractivity contribution in [2.75, 3.05) is 0 Å². The van der Waals surface area contributed by atoms with Crippen LogP contribution in [0.1, 0.15) is 19.8 Å². The molecule has 0 bridgehead atoms. The predicted molar refractivity (Wildman–Crippen MR) is 19.9 cm³/mol. The van der Waals surface area contributed by atoms with Crippen LogP contribution in [0.4, 0.5) is 0 Å². The number of hydrogen-bond acceptors (Lipinski definition) is 2. The van der Waals surface area contributed by atoms with Crippen LogP contribution in [0, 0.1) is 0 Å². The summed E-state index contributed by atoms with van der Waals surface area (Å²) in [6.45, 7) is 1.80. The van der Waals surface area contributed by atoms with Crippen LogP contribution in [0.15, 0.2) is 0 Å². The second kappa shape index (κ2) is 6.21. The first-order valence-corrected chi connectivity index (χ1v) is 1.97. The standard InChI is InChI=1S/C4H8O2.Au/c1-2-3-4(5)6;/h2-3H2,1H3,(H,5,6);/q;+1/p-1. The van der Waals surface area contributed by atoms with Crippen molar-refractivity contribution in [3.05, 3.63) is 0 Å². The van der Waals surface area contributed by atoms with Gasteiger partial charge < -0.3 is 9.90 Å². The van der Waals surface area contributed by atoms with E-state index in [1.165, 1.54) is 0 Å². The van der Waals surface area contributed by atoms with E-state index in [1.807, 2.05) is 0 Å². The fourth-order valence-electron chi connectivity index (χ4n) is 0.204. The van der Waals surface area contributed by atoms with Gasteiger partial charge in [0.25, 0.3) is 0 Å². The fraction of sp³-hybridized carbons (Fsp3) is 0.750. The summed E-state index contributed by atoms with van der Waals surface area (Å²) in [4.78, 5) is 9.49. The third kappa shape index (κ3) is 10.7. The van der Waals surface area contributed by atoms with Gasteiger partial charge in [-0.05, 0) is 6.42 Å². The molecule has 0 amide bonds. The van der Waals surface area contributed by atoms with E-state index in [1.54, 1.807) is 6.92 Å². The number of aliphatic carboxylic acids is 1. The maximum atomic E-state index is 9.49. The molecule has 0 N–H and O–H groups in total. The molecule has 0 radical (unpaired) electrons. The Morgan fingerprint density at radius 3 is 2.14 bits per heavy atom. The Hall–Kier alpha value is 0.210. The van der Waals surface area contributed by atoms with Gasteiger partial charge in [-0.3, -0.25) is 0 Å². The Labute approximate surface area is 58.4 Å². The molecule has 0 aromatic carbocycles. The van der Waals surface area contributed by atoms with Gasteiger partial charge in [0.1, 0.15) is 0 Å². The van der Waals surface area contributed by atoms with Crippen LogP contribution >= 0.6 is 0 Å². The molecule has 46 valence electrons. The zero-order valence-corrected chi connectivity index (χ0v) is 6.20. The molecule has 0 unspecified atom stereocenters. The van der Waals surface area contributed by atoms with Gasteiger partial charge in [0.05, 0.1) is 0 Å². The molecule has 0 fully saturated rings. The monoisotopic (exact) mass is 284 g/mol. The van der Waals surface area contributed by atoms with Crippen LogP contribution < -0.4 is 5.11 Å². The second-order valence-corrected chi connectivity index (χ2v) is 1.12. The van der Waals surface area contributed by atoms with Gasteiger partial charge in [0, 0.05) is 5.97 Å². The molecular weight excluding hydrogens is 277 g/mol. The Bertz CT molecular complexity index is 53.7. The van der Waals surface area contributed by atoms with E-state index in [0.717, 1.165) is 0 Å². The molecule has 0 saturated heterocycles. The zero-order valence-electron chi connectivity index (χ0n) is 4.03. The summed E-state index contributed by atoms with van der Waals surface area (Å²) in [5, 5.41) is 9.49. The summed E-state index contributed by atoms with van der Waals surface area (Å²) in [7, 11) is 0. The Kier molecular flexibility index (Phi) is 9.09. The molecule has 0 aliphatic heterocycles. The summed E-state index contributed by atoms with van der Waals surface area (Å²) in [6, 6.07) is 0. The minimum absolute atomic E-state index is 0. The number of carbonyl (C=O) groups excluding carboxylic acids is 1. The first-order valence-electron chi connectivity index (χ1n) is 1.97. The average Bonchev–Trinajstić information content (AvgIpc) is 1.35. The third-order valence-corrected chi connectivity index (χ3v) is 0.454. The summed E-state index contributed by atoms with van der Waals surface area (Å²) in [6.07, 6.45) is 0.850. The van der Waals surface area contributed by atoms with Crippen LogP contribution in [-0.4, -0.2) is 5.97 Å². The largest absolute Gasteiger partial charge is 1.00 e. The van der Waals surface area contributed by atoms with E-state index in [9.17, 15) is 9.90 Å². The molecule has 0 rings (SSSR count). The van der Waals surface area contributed by atoms with Crippen molar-refractivity contribution in [3.63, 3.8) is 0 Å². The van der Waals surface area contributed by atoms with Crippen molar-refractivity contribution < 1.29 is 32.3 Å². The van der Waals surface area contributed by atoms with Crippen molar-refractivity contribution in [1.82, 2.24) is 0 Å². The molecule has 7 heavy (non-hydrogen) atoms. The molecule has 0 spiro atoms. The first-order chi connectivity index (χ1) is 2.77. The first kappa shape index (κ1) is 10.2. The van der Waals surface area contributed by atoms with E-state index >= 15 is 0 Å². The average molecular weight is 284 g/mol. The molecule has 0 aromatic rings.